The van der Waals surface area contributed by atoms with Gasteiger partial charge in [-0.25, -0.2) is 8.78 Å². The fraction of sp³-hybridized carbons (Fsp3) is 0.300. The van der Waals surface area contributed by atoms with Gasteiger partial charge in [-0.15, -0.1) is 0 Å². The molecule has 0 saturated carbocycles. The number of carbonyl (C=O) groups excluding carboxylic acids is 1. The Morgan fingerprint density at radius 2 is 2.13 bits per heavy atom. The van der Waals surface area contributed by atoms with Crippen LogP contribution in [0.1, 0.15) is 5.56 Å². The molecule has 0 fully saturated rings. The summed E-state index contributed by atoms with van der Waals surface area (Å²) in [7, 11) is 0. The molecule has 0 heterocycles. The van der Waals surface area contributed by atoms with Crippen LogP contribution >= 0.6 is 0 Å². The highest BCUT2D eigenvalue weighted by Gasteiger charge is 2.04. The maximum atomic E-state index is 13.1. The number of carbonyl (C=O) groups is 1. The molecule has 1 amide bonds. The number of nitrogens with two attached hydrogens (primary N) is 1. The molecule has 0 unspecified atom stereocenters. The van der Waals surface area contributed by atoms with Crippen LogP contribution in [0.4, 0.5) is 8.78 Å². The lowest BCUT2D eigenvalue weighted by Gasteiger charge is -2.04. The molecule has 0 atom stereocenters. The topological polar surface area (TPSA) is 55.1 Å². The van der Waals surface area contributed by atoms with E-state index in [9.17, 15) is 13.6 Å². The van der Waals surface area contributed by atoms with E-state index in [1.807, 2.05) is 0 Å². The first-order valence-electron chi connectivity index (χ1n) is 4.54. The van der Waals surface area contributed by atoms with Gasteiger partial charge in [0.25, 0.3) is 0 Å². The molecule has 3 N–H and O–H groups in total. The van der Waals surface area contributed by atoms with E-state index in [1.54, 1.807) is 0 Å². The first kappa shape index (κ1) is 11.6. The summed E-state index contributed by atoms with van der Waals surface area (Å²) in [6.45, 7) is 0.141. The van der Waals surface area contributed by atoms with E-state index < -0.39 is 11.6 Å². The molecular weight excluding hydrogens is 202 g/mol. The minimum Gasteiger partial charge on any atom is -0.355 e. The average molecular weight is 214 g/mol. The third-order valence-electron chi connectivity index (χ3n) is 1.91. The van der Waals surface area contributed by atoms with Gasteiger partial charge in [-0.1, -0.05) is 0 Å². The molecule has 1 aromatic rings. The summed E-state index contributed by atoms with van der Waals surface area (Å²) in [6, 6.07) is 3.23. The summed E-state index contributed by atoms with van der Waals surface area (Å²) in [5, 5.41) is 2.47. The molecule has 0 aliphatic carbocycles. The fourth-order valence-electron chi connectivity index (χ4n) is 1.14. The number of nitrogens with one attached hydrogen (secondary N) is 1. The second-order valence-corrected chi connectivity index (χ2v) is 3.04. The molecule has 1 aromatic carbocycles. The highest BCUT2D eigenvalue weighted by molar-refractivity contribution is 5.77. The van der Waals surface area contributed by atoms with Gasteiger partial charge >= 0.3 is 0 Å². The van der Waals surface area contributed by atoms with E-state index in [-0.39, 0.29) is 31.0 Å². The van der Waals surface area contributed by atoms with Gasteiger partial charge in [0.05, 0.1) is 6.54 Å². The Morgan fingerprint density at radius 1 is 1.40 bits per heavy atom. The number of amides is 1. The molecule has 3 nitrogen and oxygen atoms in total. The van der Waals surface area contributed by atoms with Crippen molar-refractivity contribution < 1.29 is 13.6 Å². The lowest BCUT2D eigenvalue weighted by atomic mass is 10.1. The van der Waals surface area contributed by atoms with Gasteiger partial charge in [-0.2, -0.15) is 0 Å². The number of hydrogen-bond donors (Lipinski definition) is 2. The molecule has 0 bridgehead atoms. The van der Waals surface area contributed by atoms with Crippen molar-refractivity contribution in [2.45, 2.75) is 6.42 Å². The molecular formula is C10H12F2N2O. The zero-order valence-electron chi connectivity index (χ0n) is 8.09. The third-order valence-corrected chi connectivity index (χ3v) is 1.91. The Labute approximate surface area is 86.3 Å². The van der Waals surface area contributed by atoms with E-state index in [4.69, 9.17) is 5.73 Å². The predicted molar refractivity (Wildman–Crippen MR) is 52.1 cm³/mol. The smallest absolute Gasteiger partial charge is 0.233 e. The van der Waals surface area contributed by atoms with Gasteiger partial charge in [0.1, 0.15) is 11.6 Å². The van der Waals surface area contributed by atoms with Crippen LogP contribution in [0.2, 0.25) is 0 Å². The Balaban J connectivity index is 2.50. The van der Waals surface area contributed by atoms with E-state index in [2.05, 4.69) is 5.32 Å². The van der Waals surface area contributed by atoms with Crippen molar-refractivity contribution in [3.8, 4) is 0 Å². The summed E-state index contributed by atoms with van der Waals surface area (Å²) in [5.41, 5.74) is 5.30. The summed E-state index contributed by atoms with van der Waals surface area (Å²) in [5.74, 6) is -1.28. The summed E-state index contributed by atoms with van der Waals surface area (Å²) < 4.78 is 25.8. The first-order valence-corrected chi connectivity index (χ1v) is 4.54. The Kier molecular flexibility index (Phi) is 4.17. The van der Waals surface area contributed by atoms with Gasteiger partial charge in [-0.3, -0.25) is 4.79 Å². The molecule has 1 rings (SSSR count). The van der Waals surface area contributed by atoms with Crippen molar-refractivity contribution in [2.75, 3.05) is 13.1 Å². The lowest BCUT2D eigenvalue weighted by molar-refractivity contribution is -0.119. The number of halogens is 2. The van der Waals surface area contributed by atoms with Crippen molar-refractivity contribution in [1.82, 2.24) is 5.32 Å². The summed E-state index contributed by atoms with van der Waals surface area (Å²) in [4.78, 5) is 10.7. The van der Waals surface area contributed by atoms with Crippen molar-refractivity contribution >= 4 is 5.91 Å². The highest BCUT2D eigenvalue weighted by Crippen LogP contribution is 2.09. The van der Waals surface area contributed by atoms with Crippen LogP contribution in [0.5, 0.6) is 0 Å². The summed E-state index contributed by atoms with van der Waals surface area (Å²) >= 11 is 0. The molecule has 0 saturated heterocycles. The van der Waals surface area contributed by atoms with Gasteiger partial charge in [0, 0.05) is 6.54 Å². The van der Waals surface area contributed by atoms with Crippen LogP contribution in [0.25, 0.3) is 0 Å². The van der Waals surface area contributed by atoms with E-state index in [0.29, 0.717) is 0 Å². The quantitative estimate of drug-likeness (QED) is 0.770. The predicted octanol–water partition coefficient (Wildman–Crippen LogP) is 0.582. The number of hydrogen-bond acceptors (Lipinski definition) is 2. The van der Waals surface area contributed by atoms with E-state index in [0.717, 1.165) is 18.2 Å². The molecule has 0 aliphatic heterocycles. The van der Waals surface area contributed by atoms with Gasteiger partial charge < -0.3 is 11.1 Å². The second-order valence-electron chi connectivity index (χ2n) is 3.04. The zero-order chi connectivity index (χ0) is 11.3. The number of rotatable bonds is 4. The lowest BCUT2D eigenvalue weighted by Crippen LogP contribution is -2.31. The van der Waals surface area contributed by atoms with E-state index >= 15 is 0 Å². The number of benzene rings is 1. The Hall–Kier alpha value is -1.49. The molecule has 82 valence electrons. The fourth-order valence-corrected chi connectivity index (χ4v) is 1.14. The van der Waals surface area contributed by atoms with Crippen LogP contribution in [-0.4, -0.2) is 19.0 Å². The van der Waals surface area contributed by atoms with Crippen molar-refractivity contribution in [1.29, 1.82) is 0 Å². The maximum absolute atomic E-state index is 13.1. The second kappa shape index (κ2) is 5.41. The van der Waals surface area contributed by atoms with Crippen LogP contribution in [0.3, 0.4) is 0 Å². The van der Waals surface area contributed by atoms with Crippen molar-refractivity contribution in [3.63, 3.8) is 0 Å². The molecule has 0 radical (unpaired) electrons. The minimum absolute atomic E-state index is 0.106. The highest BCUT2D eigenvalue weighted by atomic mass is 19.1. The van der Waals surface area contributed by atoms with Gasteiger partial charge in [0.15, 0.2) is 0 Å². The van der Waals surface area contributed by atoms with Crippen LogP contribution < -0.4 is 11.1 Å². The Bertz CT molecular complexity index is 355. The standard InChI is InChI=1S/C10H12F2N2O/c11-8-1-2-9(12)7(5-8)3-4-14-10(15)6-13/h1-2,5H,3-4,6,13H2,(H,14,15). The third kappa shape index (κ3) is 3.63. The molecule has 0 aliphatic rings. The van der Waals surface area contributed by atoms with Gasteiger partial charge in [-0.05, 0) is 30.2 Å². The molecule has 15 heavy (non-hydrogen) atoms. The minimum atomic E-state index is -0.489. The van der Waals surface area contributed by atoms with Crippen LogP contribution in [0.15, 0.2) is 18.2 Å². The van der Waals surface area contributed by atoms with E-state index in [1.165, 1.54) is 0 Å². The monoisotopic (exact) mass is 214 g/mol. The van der Waals surface area contributed by atoms with Crippen molar-refractivity contribution in [3.05, 3.63) is 35.4 Å². The van der Waals surface area contributed by atoms with Crippen molar-refractivity contribution in [2.24, 2.45) is 5.73 Å². The molecule has 0 spiro atoms. The first-order chi connectivity index (χ1) is 7.13. The molecule has 0 aromatic heterocycles. The maximum Gasteiger partial charge on any atom is 0.233 e. The Morgan fingerprint density at radius 3 is 2.80 bits per heavy atom. The zero-order valence-corrected chi connectivity index (χ0v) is 8.09. The molecule has 5 heteroatoms. The SMILES string of the molecule is NCC(=O)NCCc1cc(F)ccc1F. The average Bonchev–Trinajstić information content (AvgIpc) is 2.23. The largest absolute Gasteiger partial charge is 0.355 e. The summed E-state index contributed by atoms with van der Waals surface area (Å²) in [6.07, 6.45) is 0.245. The van der Waals surface area contributed by atoms with Crippen LogP contribution in [0, 0.1) is 11.6 Å². The van der Waals surface area contributed by atoms with Gasteiger partial charge in [0.2, 0.25) is 5.91 Å². The van der Waals surface area contributed by atoms with Crippen LogP contribution in [-0.2, 0) is 11.2 Å². The normalized spacial score (nSPS) is 10.1.